The van der Waals surface area contributed by atoms with Gasteiger partial charge in [-0.15, -0.1) is 0 Å². The summed E-state index contributed by atoms with van der Waals surface area (Å²) in [6.07, 6.45) is 0.680. The highest BCUT2D eigenvalue weighted by Crippen LogP contribution is 2.42. The van der Waals surface area contributed by atoms with Crippen molar-refractivity contribution < 1.29 is 24.2 Å². The smallest absolute Gasteiger partial charge is 0.311 e. The average molecular weight is 487 g/mol. The highest BCUT2D eigenvalue weighted by molar-refractivity contribution is 6.49. The first kappa shape index (κ1) is 24.4. The number of amides is 1. The number of halogens is 1. The third-order valence-electron chi connectivity index (χ3n) is 7.00. The number of carboxylic acid groups (broad SMARTS) is 1. The van der Waals surface area contributed by atoms with Gasteiger partial charge in [0.05, 0.1) is 31.3 Å². The molecule has 0 saturated carbocycles. The summed E-state index contributed by atoms with van der Waals surface area (Å²) in [5.74, 6) is -0.785. The van der Waals surface area contributed by atoms with E-state index in [0.717, 1.165) is 28.1 Å². The maximum Gasteiger partial charge on any atom is 0.311 e. The van der Waals surface area contributed by atoms with E-state index < -0.39 is 17.4 Å². The molecule has 0 spiro atoms. The third-order valence-corrected chi connectivity index (χ3v) is 7.42. The first-order chi connectivity index (χ1) is 16.1. The van der Waals surface area contributed by atoms with Crippen molar-refractivity contribution in [3.8, 4) is 0 Å². The standard InChI is InChI=1S/C26H31ClN2O5/c1-14(2)21(25(31)32)16-6-8-17(9-7-16)26(12-34-13-26)28-24(30)19-11-18-22(27)20(33-5)10-15(3)23(18)29(19)4/h6-9,11,14-15,21H,10,12-13H2,1-5H3,(H,28,30)(H,31,32)/t15?,21-/m1/s1. The second-order valence-electron chi connectivity index (χ2n) is 9.64. The molecule has 1 fully saturated rings. The molecule has 0 bridgehead atoms. The number of hydrogen-bond acceptors (Lipinski definition) is 4. The predicted molar refractivity (Wildman–Crippen MR) is 130 cm³/mol. The molecule has 2 atom stereocenters. The molecule has 4 rings (SSSR count). The van der Waals surface area contributed by atoms with Crippen molar-refractivity contribution in [2.24, 2.45) is 13.0 Å². The van der Waals surface area contributed by atoms with Gasteiger partial charge in [0.1, 0.15) is 17.0 Å². The molecular formula is C26H31ClN2O5. The van der Waals surface area contributed by atoms with Gasteiger partial charge in [-0.05, 0) is 23.1 Å². The number of rotatable bonds is 7. The fourth-order valence-corrected chi connectivity index (χ4v) is 5.42. The number of aromatic nitrogens is 1. The first-order valence-corrected chi connectivity index (χ1v) is 11.8. The molecule has 2 N–H and O–H groups in total. The Morgan fingerprint density at radius 2 is 1.91 bits per heavy atom. The molecule has 8 heteroatoms. The average Bonchev–Trinajstić information content (AvgIpc) is 3.11. The minimum Gasteiger partial charge on any atom is -0.500 e. The maximum atomic E-state index is 13.4. The molecule has 1 aromatic heterocycles. The highest BCUT2D eigenvalue weighted by Gasteiger charge is 2.43. The molecule has 2 aliphatic rings. The largest absolute Gasteiger partial charge is 0.500 e. The van der Waals surface area contributed by atoms with Crippen molar-refractivity contribution in [2.45, 2.75) is 44.6 Å². The summed E-state index contributed by atoms with van der Waals surface area (Å²) in [6, 6.07) is 9.26. The van der Waals surface area contributed by atoms with Crippen LogP contribution in [0.15, 0.2) is 36.1 Å². The number of carbonyl (C=O) groups is 2. The molecule has 1 aliphatic carbocycles. The summed E-state index contributed by atoms with van der Waals surface area (Å²) < 4.78 is 12.8. The van der Waals surface area contributed by atoms with Crippen LogP contribution in [0, 0.1) is 5.92 Å². The summed E-state index contributed by atoms with van der Waals surface area (Å²) in [5, 5.41) is 13.3. The van der Waals surface area contributed by atoms with E-state index in [4.69, 9.17) is 21.1 Å². The number of benzene rings is 1. The van der Waals surface area contributed by atoms with E-state index in [1.54, 1.807) is 7.11 Å². The number of allylic oxidation sites excluding steroid dienone is 1. The number of fused-ring (bicyclic) bond motifs is 1. The minimum atomic E-state index is -0.844. The van der Waals surface area contributed by atoms with E-state index in [1.165, 1.54) is 0 Å². The maximum absolute atomic E-state index is 13.4. The van der Waals surface area contributed by atoms with Crippen molar-refractivity contribution in [2.75, 3.05) is 20.3 Å². The fourth-order valence-electron chi connectivity index (χ4n) is 5.12. The lowest BCUT2D eigenvalue weighted by molar-refractivity contribution is -0.139. The zero-order valence-corrected chi connectivity index (χ0v) is 20.9. The van der Waals surface area contributed by atoms with Crippen molar-refractivity contribution in [1.82, 2.24) is 9.88 Å². The molecular weight excluding hydrogens is 456 g/mol. The Balaban J connectivity index is 1.62. The van der Waals surface area contributed by atoms with Gasteiger partial charge in [-0.2, -0.15) is 0 Å². The van der Waals surface area contributed by atoms with Gasteiger partial charge in [0.25, 0.3) is 5.91 Å². The van der Waals surface area contributed by atoms with Crippen LogP contribution in [0.25, 0.3) is 5.03 Å². The summed E-state index contributed by atoms with van der Waals surface area (Å²) in [6.45, 7) is 6.57. The van der Waals surface area contributed by atoms with Gasteiger partial charge >= 0.3 is 5.97 Å². The van der Waals surface area contributed by atoms with Crippen LogP contribution < -0.4 is 5.32 Å². The number of methoxy groups -OCH3 is 1. The monoisotopic (exact) mass is 486 g/mol. The molecule has 7 nitrogen and oxygen atoms in total. The molecule has 1 unspecified atom stereocenters. The van der Waals surface area contributed by atoms with Crippen LogP contribution in [-0.2, 0) is 26.9 Å². The van der Waals surface area contributed by atoms with Gasteiger partial charge < -0.3 is 24.5 Å². The second kappa shape index (κ2) is 9.12. The van der Waals surface area contributed by atoms with Crippen LogP contribution in [0.1, 0.15) is 71.9 Å². The molecule has 34 heavy (non-hydrogen) atoms. The van der Waals surface area contributed by atoms with Crippen LogP contribution >= 0.6 is 11.6 Å². The molecule has 1 aromatic carbocycles. The van der Waals surface area contributed by atoms with Crippen molar-refractivity contribution in [1.29, 1.82) is 0 Å². The van der Waals surface area contributed by atoms with Crippen LogP contribution in [0.5, 0.6) is 0 Å². The number of carbonyl (C=O) groups excluding carboxylic acids is 1. The molecule has 1 aliphatic heterocycles. The molecule has 182 valence electrons. The second-order valence-corrected chi connectivity index (χ2v) is 10.0. The molecule has 0 radical (unpaired) electrons. The number of nitrogens with zero attached hydrogens (tertiary/aromatic N) is 1. The van der Waals surface area contributed by atoms with Gasteiger partial charge in [-0.3, -0.25) is 9.59 Å². The Kier molecular flexibility index (Phi) is 6.53. The van der Waals surface area contributed by atoms with E-state index in [1.807, 2.05) is 55.8 Å². The Labute approximate surface area is 204 Å². The van der Waals surface area contributed by atoms with Gasteiger partial charge in [0.15, 0.2) is 0 Å². The third kappa shape index (κ3) is 4.01. The van der Waals surface area contributed by atoms with Crippen LogP contribution in [-0.4, -0.2) is 41.9 Å². The van der Waals surface area contributed by atoms with Gasteiger partial charge in [0, 0.05) is 30.6 Å². The summed E-state index contributed by atoms with van der Waals surface area (Å²) in [5.41, 5.74) is 3.30. The Morgan fingerprint density at radius 3 is 2.41 bits per heavy atom. The Bertz CT molecular complexity index is 1140. The fraction of sp³-hybridized carbons (Fsp3) is 0.462. The van der Waals surface area contributed by atoms with E-state index in [0.29, 0.717) is 30.4 Å². The van der Waals surface area contributed by atoms with Crippen LogP contribution in [0.4, 0.5) is 0 Å². The number of ether oxygens (including phenoxy) is 2. The zero-order valence-electron chi connectivity index (χ0n) is 20.1. The molecule has 1 amide bonds. The van der Waals surface area contributed by atoms with E-state index in [2.05, 4.69) is 12.2 Å². The zero-order chi connectivity index (χ0) is 24.8. The number of carboxylic acids is 1. The van der Waals surface area contributed by atoms with Gasteiger partial charge in [-0.1, -0.05) is 56.6 Å². The van der Waals surface area contributed by atoms with E-state index in [9.17, 15) is 14.7 Å². The first-order valence-electron chi connectivity index (χ1n) is 11.5. The van der Waals surface area contributed by atoms with Crippen molar-refractivity contribution >= 4 is 28.5 Å². The lowest BCUT2D eigenvalue weighted by atomic mass is 9.84. The number of nitrogens with one attached hydrogen (secondary N) is 1. The summed E-state index contributed by atoms with van der Waals surface area (Å²) in [7, 11) is 3.49. The quantitative estimate of drug-likeness (QED) is 0.598. The van der Waals surface area contributed by atoms with Crippen LogP contribution in [0.3, 0.4) is 0 Å². The minimum absolute atomic E-state index is 0.0330. The highest BCUT2D eigenvalue weighted by atomic mass is 35.5. The van der Waals surface area contributed by atoms with E-state index >= 15 is 0 Å². The molecule has 1 saturated heterocycles. The van der Waals surface area contributed by atoms with Gasteiger partial charge in [-0.25, -0.2) is 0 Å². The van der Waals surface area contributed by atoms with Crippen LogP contribution in [0.2, 0.25) is 0 Å². The normalized spacial score (nSPS) is 19.9. The van der Waals surface area contributed by atoms with Crippen molar-refractivity contribution in [3.63, 3.8) is 0 Å². The topological polar surface area (TPSA) is 89.8 Å². The molecule has 2 aromatic rings. The van der Waals surface area contributed by atoms with E-state index in [-0.39, 0.29) is 17.7 Å². The summed E-state index contributed by atoms with van der Waals surface area (Å²) >= 11 is 6.57. The summed E-state index contributed by atoms with van der Waals surface area (Å²) in [4.78, 5) is 25.1. The van der Waals surface area contributed by atoms with Gasteiger partial charge in [0.2, 0.25) is 0 Å². The molecule has 2 heterocycles. The lowest BCUT2D eigenvalue weighted by Crippen LogP contribution is -2.59. The SMILES string of the molecule is COC1=C(Cl)c2cc(C(=O)NC3(c4ccc([C@H](C(=O)O)C(C)C)cc4)COC3)n(C)c2C(C)C1. The Morgan fingerprint density at radius 1 is 1.26 bits per heavy atom. The predicted octanol–water partition coefficient (Wildman–Crippen LogP) is 4.57. The number of hydrogen-bond donors (Lipinski definition) is 2. The van der Waals surface area contributed by atoms with Crippen molar-refractivity contribution in [3.05, 3.63) is 64.2 Å². The lowest BCUT2D eigenvalue weighted by Gasteiger charge is -2.42. The Hall–Kier alpha value is -2.77. The number of aliphatic carboxylic acids is 1.